The van der Waals surface area contributed by atoms with Gasteiger partial charge in [0, 0.05) is 17.1 Å². The van der Waals surface area contributed by atoms with Gasteiger partial charge < -0.3 is 11.1 Å². The lowest BCUT2D eigenvalue weighted by molar-refractivity contribution is 0.598. The molecule has 5 N–H and O–H groups in total. The van der Waals surface area contributed by atoms with Gasteiger partial charge in [-0.25, -0.2) is 13.6 Å². The number of hydrogen-bond donors (Lipinski definition) is 3. The Labute approximate surface area is 120 Å². The highest BCUT2D eigenvalue weighted by Crippen LogP contribution is 2.26. The minimum absolute atomic E-state index is 0.0184. The fourth-order valence-corrected chi connectivity index (χ4v) is 3.32. The molecular weight excluding hydrogens is 306 g/mol. The van der Waals surface area contributed by atoms with E-state index < -0.39 is 10.0 Å². The van der Waals surface area contributed by atoms with Crippen molar-refractivity contribution in [3.05, 3.63) is 39.5 Å². The minimum atomic E-state index is -3.82. The van der Waals surface area contributed by atoms with Gasteiger partial charge in [0.05, 0.1) is 10.0 Å². The molecule has 0 radical (unpaired) electrons. The predicted octanol–water partition coefficient (Wildman–Crippen LogP) is 2.24. The molecule has 0 spiro atoms. The van der Waals surface area contributed by atoms with Gasteiger partial charge in [0.25, 0.3) is 0 Å². The Morgan fingerprint density at radius 2 is 2.00 bits per heavy atom. The lowest BCUT2D eigenvalue weighted by Gasteiger charge is -2.10. The van der Waals surface area contributed by atoms with Crippen molar-refractivity contribution < 1.29 is 8.42 Å². The summed E-state index contributed by atoms with van der Waals surface area (Å²) >= 11 is 7.25. The molecule has 102 valence electrons. The third-order valence-corrected chi connectivity index (χ3v) is 4.58. The van der Waals surface area contributed by atoms with E-state index in [1.165, 1.54) is 17.4 Å². The molecule has 0 aliphatic carbocycles. The van der Waals surface area contributed by atoms with Crippen molar-refractivity contribution in [2.75, 3.05) is 11.1 Å². The quantitative estimate of drug-likeness (QED) is 0.753. The molecule has 2 aromatic rings. The summed E-state index contributed by atoms with van der Waals surface area (Å²) in [6.07, 6.45) is 0. The maximum Gasteiger partial charge on any atom is 0.240 e. The number of rotatable bonds is 4. The van der Waals surface area contributed by atoms with E-state index in [-0.39, 0.29) is 4.90 Å². The Morgan fingerprint density at radius 1 is 1.26 bits per heavy atom. The summed E-state index contributed by atoms with van der Waals surface area (Å²) in [6, 6.07) is 8.18. The number of hydrogen-bond acceptors (Lipinski definition) is 5. The number of sulfonamides is 1. The molecule has 0 bridgehead atoms. The molecule has 1 aromatic carbocycles. The van der Waals surface area contributed by atoms with Crippen molar-refractivity contribution in [1.29, 1.82) is 0 Å². The van der Waals surface area contributed by atoms with Crippen LogP contribution in [0.15, 0.2) is 35.2 Å². The van der Waals surface area contributed by atoms with Crippen LogP contribution in [0.3, 0.4) is 0 Å². The normalized spacial score (nSPS) is 11.5. The Hall–Kier alpha value is -1.28. The van der Waals surface area contributed by atoms with Gasteiger partial charge in [-0.15, -0.1) is 11.3 Å². The van der Waals surface area contributed by atoms with Crippen LogP contribution in [0.4, 0.5) is 11.4 Å². The molecule has 0 aliphatic rings. The SMILES string of the molecule is Nc1ccc(NCc2ccc(Cl)s2)c(S(N)(=O)=O)c1. The van der Waals surface area contributed by atoms with Gasteiger partial charge in [-0.3, -0.25) is 0 Å². The summed E-state index contributed by atoms with van der Waals surface area (Å²) in [4.78, 5) is 0.970. The van der Waals surface area contributed by atoms with Gasteiger partial charge >= 0.3 is 0 Å². The summed E-state index contributed by atoms with van der Waals surface area (Å²) in [5.41, 5.74) is 6.33. The van der Waals surface area contributed by atoms with Crippen LogP contribution in [0, 0.1) is 0 Å². The van der Waals surface area contributed by atoms with Crippen molar-refractivity contribution in [2.24, 2.45) is 5.14 Å². The molecular formula is C11H12ClN3O2S2. The van der Waals surface area contributed by atoms with E-state index in [0.717, 1.165) is 4.88 Å². The molecule has 8 heteroatoms. The molecule has 0 amide bonds. The van der Waals surface area contributed by atoms with E-state index >= 15 is 0 Å². The van der Waals surface area contributed by atoms with E-state index in [9.17, 15) is 8.42 Å². The van der Waals surface area contributed by atoms with Crippen LogP contribution in [0.1, 0.15) is 4.88 Å². The van der Waals surface area contributed by atoms with Crippen LogP contribution in [0.5, 0.6) is 0 Å². The van der Waals surface area contributed by atoms with Crippen molar-refractivity contribution in [3.63, 3.8) is 0 Å². The maximum atomic E-state index is 11.5. The highest BCUT2D eigenvalue weighted by Gasteiger charge is 2.14. The van der Waals surface area contributed by atoms with E-state index in [4.69, 9.17) is 22.5 Å². The highest BCUT2D eigenvalue weighted by atomic mass is 35.5. The van der Waals surface area contributed by atoms with E-state index in [1.54, 1.807) is 18.2 Å². The van der Waals surface area contributed by atoms with Crippen molar-refractivity contribution in [2.45, 2.75) is 11.4 Å². The van der Waals surface area contributed by atoms with Crippen LogP contribution in [0.2, 0.25) is 4.34 Å². The lowest BCUT2D eigenvalue weighted by Crippen LogP contribution is -2.15. The molecule has 0 saturated heterocycles. The zero-order chi connectivity index (χ0) is 14.0. The van der Waals surface area contributed by atoms with Gasteiger partial charge in [-0.2, -0.15) is 0 Å². The fraction of sp³-hybridized carbons (Fsp3) is 0.0909. The lowest BCUT2D eigenvalue weighted by atomic mass is 10.3. The first-order chi connectivity index (χ1) is 8.86. The molecule has 1 heterocycles. The number of halogens is 1. The number of nitrogen functional groups attached to an aromatic ring is 1. The van der Waals surface area contributed by atoms with Crippen molar-refractivity contribution >= 4 is 44.3 Å². The monoisotopic (exact) mass is 317 g/mol. The number of anilines is 2. The number of nitrogens with one attached hydrogen (secondary N) is 1. The van der Waals surface area contributed by atoms with Gasteiger partial charge in [0.15, 0.2) is 0 Å². The number of benzene rings is 1. The molecule has 2 rings (SSSR count). The highest BCUT2D eigenvalue weighted by molar-refractivity contribution is 7.89. The fourth-order valence-electron chi connectivity index (χ4n) is 1.55. The van der Waals surface area contributed by atoms with Crippen LogP contribution in [-0.4, -0.2) is 8.42 Å². The van der Waals surface area contributed by atoms with Gasteiger partial charge in [0.1, 0.15) is 4.90 Å². The zero-order valence-electron chi connectivity index (χ0n) is 9.76. The average molecular weight is 318 g/mol. The van der Waals surface area contributed by atoms with Crippen LogP contribution in [-0.2, 0) is 16.6 Å². The predicted molar refractivity (Wildman–Crippen MR) is 78.9 cm³/mol. The second kappa shape index (κ2) is 5.38. The van der Waals surface area contributed by atoms with Crippen molar-refractivity contribution in [1.82, 2.24) is 0 Å². The first-order valence-electron chi connectivity index (χ1n) is 5.26. The smallest absolute Gasteiger partial charge is 0.240 e. The largest absolute Gasteiger partial charge is 0.399 e. The second-order valence-corrected chi connectivity index (χ2v) is 7.19. The third-order valence-electron chi connectivity index (χ3n) is 2.39. The Morgan fingerprint density at radius 3 is 2.58 bits per heavy atom. The van der Waals surface area contributed by atoms with Crippen molar-refractivity contribution in [3.8, 4) is 0 Å². The number of nitrogens with two attached hydrogens (primary N) is 2. The minimum Gasteiger partial charge on any atom is -0.399 e. The maximum absolute atomic E-state index is 11.5. The van der Waals surface area contributed by atoms with Crippen LogP contribution < -0.4 is 16.2 Å². The van der Waals surface area contributed by atoms with Gasteiger partial charge in [0.2, 0.25) is 10.0 Å². The van der Waals surface area contributed by atoms with Gasteiger partial charge in [-0.05, 0) is 30.3 Å². The third kappa shape index (κ3) is 3.60. The Kier molecular flexibility index (Phi) is 4.00. The molecule has 0 atom stereocenters. The molecule has 0 unspecified atom stereocenters. The average Bonchev–Trinajstić information content (AvgIpc) is 2.72. The van der Waals surface area contributed by atoms with Crippen LogP contribution in [0.25, 0.3) is 0 Å². The molecule has 0 aliphatic heterocycles. The summed E-state index contributed by atoms with van der Waals surface area (Å²) in [7, 11) is -3.82. The molecule has 1 aromatic heterocycles. The van der Waals surface area contributed by atoms with E-state index in [1.807, 2.05) is 6.07 Å². The summed E-state index contributed by atoms with van der Waals surface area (Å²) in [6.45, 7) is 0.462. The number of thiophene rings is 1. The van der Waals surface area contributed by atoms with E-state index in [2.05, 4.69) is 5.32 Å². The molecule has 0 fully saturated rings. The molecule has 19 heavy (non-hydrogen) atoms. The van der Waals surface area contributed by atoms with Crippen LogP contribution >= 0.6 is 22.9 Å². The summed E-state index contributed by atoms with van der Waals surface area (Å²) in [5, 5.41) is 8.17. The van der Waals surface area contributed by atoms with Gasteiger partial charge in [-0.1, -0.05) is 11.6 Å². The first-order valence-corrected chi connectivity index (χ1v) is 8.01. The first kappa shape index (κ1) is 14.1. The molecule has 0 saturated carbocycles. The Balaban J connectivity index is 2.25. The molecule has 5 nitrogen and oxygen atoms in total. The Bertz CT molecular complexity index is 698. The number of primary sulfonamides is 1. The van der Waals surface area contributed by atoms with E-state index in [0.29, 0.717) is 22.3 Å². The topological polar surface area (TPSA) is 98.2 Å². The summed E-state index contributed by atoms with van der Waals surface area (Å²) in [5.74, 6) is 0. The summed E-state index contributed by atoms with van der Waals surface area (Å²) < 4.78 is 23.7. The standard InChI is InChI=1S/C11H12ClN3O2S2/c12-11-4-2-8(18-11)6-15-9-3-1-7(13)5-10(9)19(14,16)17/h1-5,15H,6,13H2,(H2,14,16,17). The second-order valence-electron chi connectivity index (χ2n) is 3.86. The zero-order valence-corrected chi connectivity index (χ0v) is 12.1.